The van der Waals surface area contributed by atoms with Crippen molar-refractivity contribution in [1.82, 2.24) is 9.80 Å². The van der Waals surface area contributed by atoms with Gasteiger partial charge in [0.1, 0.15) is 0 Å². The smallest absolute Gasteiger partial charge is 0.392 e. The van der Waals surface area contributed by atoms with Crippen LogP contribution in [-0.4, -0.2) is 58.5 Å². The van der Waals surface area contributed by atoms with Gasteiger partial charge in [-0.25, -0.2) is 0 Å². The number of benzene rings is 2. The number of hydrogen-bond acceptors (Lipinski definition) is 4. The van der Waals surface area contributed by atoms with Crippen LogP contribution < -0.4 is 0 Å². The van der Waals surface area contributed by atoms with E-state index in [1.807, 2.05) is 6.92 Å². The molecule has 32 heavy (non-hydrogen) atoms. The minimum Gasteiger partial charge on any atom is -0.392 e. The largest absolute Gasteiger partial charge is 0.416 e. The third-order valence-electron chi connectivity index (χ3n) is 6.54. The molecule has 170 valence electrons. The Bertz CT molecular complexity index is 989. The molecule has 0 aliphatic carbocycles. The van der Waals surface area contributed by atoms with Gasteiger partial charge in [-0.2, -0.15) is 13.2 Å². The summed E-state index contributed by atoms with van der Waals surface area (Å²) in [6.45, 7) is 3.06. The number of β-amino-alcohol motifs (C(OH)–C–C–N with tert-alkyl or cyclic N) is 1. The second-order valence-electron chi connectivity index (χ2n) is 8.50. The van der Waals surface area contributed by atoms with E-state index in [1.54, 1.807) is 30.3 Å². The maximum absolute atomic E-state index is 13.1. The summed E-state index contributed by atoms with van der Waals surface area (Å²) in [7, 11) is 0. The molecule has 8 heteroatoms. The van der Waals surface area contributed by atoms with Crippen LogP contribution in [0.2, 0.25) is 0 Å². The number of carbonyl (C=O) groups is 2. The van der Waals surface area contributed by atoms with Gasteiger partial charge in [-0.15, -0.1) is 0 Å². The summed E-state index contributed by atoms with van der Waals surface area (Å²) in [5.74, 6) is -0.755. The molecule has 0 aromatic heterocycles. The maximum atomic E-state index is 13.1. The van der Waals surface area contributed by atoms with Crippen molar-refractivity contribution in [3.63, 3.8) is 0 Å². The predicted octanol–water partition coefficient (Wildman–Crippen LogP) is 3.93. The van der Waals surface area contributed by atoms with Crippen LogP contribution in [0.5, 0.6) is 0 Å². The first-order valence-corrected chi connectivity index (χ1v) is 10.7. The highest BCUT2D eigenvalue weighted by Crippen LogP contribution is 2.37. The number of imide groups is 1. The Kier molecular flexibility index (Phi) is 6.09. The third-order valence-corrected chi connectivity index (χ3v) is 6.54. The number of halogens is 3. The highest BCUT2D eigenvalue weighted by molar-refractivity contribution is 6.21. The molecule has 0 spiro atoms. The summed E-state index contributed by atoms with van der Waals surface area (Å²) < 4.78 is 39.2. The number of nitrogens with zero attached hydrogens (tertiary/aromatic N) is 2. The van der Waals surface area contributed by atoms with Crippen LogP contribution in [0.25, 0.3) is 0 Å². The second kappa shape index (κ2) is 8.67. The Labute approximate surface area is 184 Å². The van der Waals surface area contributed by atoms with E-state index in [0.717, 1.165) is 11.0 Å². The monoisotopic (exact) mass is 446 g/mol. The number of rotatable bonds is 6. The van der Waals surface area contributed by atoms with Crippen LogP contribution in [0.4, 0.5) is 13.2 Å². The average Bonchev–Trinajstić information content (AvgIpc) is 3.24. The number of aliphatic hydroxyl groups is 1. The van der Waals surface area contributed by atoms with Gasteiger partial charge >= 0.3 is 6.18 Å². The Balaban J connectivity index is 1.34. The highest BCUT2D eigenvalue weighted by Gasteiger charge is 2.37. The minimum absolute atomic E-state index is 0.0348. The Hall–Kier alpha value is -2.71. The molecule has 2 aromatic rings. The molecular formula is C24H25F3N2O3. The quantitative estimate of drug-likeness (QED) is 0.683. The molecule has 0 saturated carbocycles. The van der Waals surface area contributed by atoms with Gasteiger partial charge < -0.3 is 5.11 Å². The molecule has 1 fully saturated rings. The summed E-state index contributed by atoms with van der Waals surface area (Å²) in [6, 6.07) is 12.1. The number of amides is 2. The molecule has 5 nitrogen and oxygen atoms in total. The van der Waals surface area contributed by atoms with Crippen molar-refractivity contribution >= 4 is 11.8 Å². The zero-order chi connectivity index (χ0) is 23.0. The van der Waals surface area contributed by atoms with E-state index >= 15 is 0 Å². The molecule has 2 heterocycles. The maximum Gasteiger partial charge on any atom is 0.416 e. The first-order chi connectivity index (χ1) is 15.2. The van der Waals surface area contributed by atoms with Crippen molar-refractivity contribution in [2.45, 2.75) is 44.0 Å². The SMILES string of the molecule is CC1C(c2cccc(C(F)(F)F)c2)CCN1CC(O)CCN1C(=O)c2ccccc2C1=O. The lowest BCUT2D eigenvalue weighted by Crippen LogP contribution is -2.39. The third kappa shape index (κ3) is 4.29. The van der Waals surface area contributed by atoms with E-state index in [9.17, 15) is 27.9 Å². The van der Waals surface area contributed by atoms with E-state index < -0.39 is 17.8 Å². The molecular weight excluding hydrogens is 421 g/mol. The van der Waals surface area contributed by atoms with Gasteiger partial charge in [-0.05, 0) is 50.1 Å². The van der Waals surface area contributed by atoms with Gasteiger partial charge in [-0.1, -0.05) is 30.3 Å². The van der Waals surface area contributed by atoms with E-state index in [0.29, 0.717) is 36.2 Å². The van der Waals surface area contributed by atoms with Gasteiger partial charge in [0.25, 0.3) is 11.8 Å². The summed E-state index contributed by atoms with van der Waals surface area (Å²) >= 11 is 0. The number of likely N-dealkylation sites (tertiary alicyclic amines) is 1. The molecule has 2 amide bonds. The summed E-state index contributed by atoms with van der Waals surface area (Å²) in [6.07, 6.45) is -4.20. The van der Waals surface area contributed by atoms with Crippen molar-refractivity contribution in [3.8, 4) is 0 Å². The minimum atomic E-state index is -4.38. The summed E-state index contributed by atoms with van der Waals surface area (Å²) in [4.78, 5) is 28.1. The van der Waals surface area contributed by atoms with Gasteiger partial charge in [0.05, 0.1) is 22.8 Å². The van der Waals surface area contributed by atoms with Crippen molar-refractivity contribution in [1.29, 1.82) is 0 Å². The molecule has 3 unspecified atom stereocenters. The van der Waals surface area contributed by atoms with Crippen LogP contribution in [0.3, 0.4) is 0 Å². The number of carbonyl (C=O) groups excluding carboxylic acids is 2. The Morgan fingerprint density at radius 1 is 1.06 bits per heavy atom. The van der Waals surface area contributed by atoms with Crippen LogP contribution in [-0.2, 0) is 6.18 Å². The molecule has 2 aliphatic heterocycles. The van der Waals surface area contributed by atoms with Gasteiger partial charge in [-0.3, -0.25) is 19.4 Å². The van der Waals surface area contributed by atoms with Crippen molar-refractivity contribution in [2.75, 3.05) is 19.6 Å². The van der Waals surface area contributed by atoms with Crippen molar-refractivity contribution < 1.29 is 27.9 Å². The topological polar surface area (TPSA) is 60.9 Å². The standard InChI is InChI=1S/C24H25F3N2O3/c1-15-19(16-5-4-6-17(13-16)24(25,26)27)10-11-28(15)14-18(30)9-12-29-22(31)20-7-2-3-8-21(20)23(29)32/h2-8,13,15,18-19,30H,9-12,14H2,1H3. The molecule has 2 aromatic carbocycles. The molecule has 1 saturated heterocycles. The lowest BCUT2D eigenvalue weighted by atomic mass is 9.91. The lowest BCUT2D eigenvalue weighted by molar-refractivity contribution is -0.137. The first kappa shape index (κ1) is 22.5. The van der Waals surface area contributed by atoms with Crippen LogP contribution in [0.15, 0.2) is 48.5 Å². The van der Waals surface area contributed by atoms with Crippen LogP contribution in [0.1, 0.15) is 57.5 Å². The molecule has 4 rings (SSSR count). The van der Waals surface area contributed by atoms with Crippen molar-refractivity contribution in [2.24, 2.45) is 0 Å². The number of hydrogen-bond donors (Lipinski definition) is 1. The Morgan fingerprint density at radius 2 is 1.72 bits per heavy atom. The van der Waals surface area contributed by atoms with E-state index in [-0.39, 0.29) is 36.7 Å². The van der Waals surface area contributed by atoms with Gasteiger partial charge in [0, 0.05) is 25.0 Å². The Morgan fingerprint density at radius 3 is 2.34 bits per heavy atom. The zero-order valence-corrected chi connectivity index (χ0v) is 17.7. The highest BCUT2D eigenvalue weighted by atomic mass is 19.4. The van der Waals surface area contributed by atoms with E-state index in [2.05, 4.69) is 4.90 Å². The molecule has 2 aliphatic rings. The second-order valence-corrected chi connectivity index (χ2v) is 8.50. The zero-order valence-electron chi connectivity index (χ0n) is 17.7. The predicted molar refractivity (Wildman–Crippen MR) is 112 cm³/mol. The van der Waals surface area contributed by atoms with Crippen molar-refractivity contribution in [3.05, 3.63) is 70.8 Å². The van der Waals surface area contributed by atoms with E-state index in [4.69, 9.17) is 0 Å². The molecule has 1 N–H and O–H groups in total. The first-order valence-electron chi connectivity index (χ1n) is 10.7. The molecule has 0 bridgehead atoms. The molecule has 3 atom stereocenters. The average molecular weight is 446 g/mol. The number of alkyl halides is 3. The normalized spacial score (nSPS) is 22.5. The fourth-order valence-electron chi connectivity index (χ4n) is 4.73. The van der Waals surface area contributed by atoms with Gasteiger partial charge in [0.2, 0.25) is 0 Å². The molecule has 0 radical (unpaired) electrons. The fraction of sp³-hybridized carbons (Fsp3) is 0.417. The van der Waals surface area contributed by atoms with Gasteiger partial charge in [0.15, 0.2) is 0 Å². The summed E-state index contributed by atoms with van der Waals surface area (Å²) in [5.41, 5.74) is 0.755. The fourth-order valence-corrected chi connectivity index (χ4v) is 4.73. The van der Waals surface area contributed by atoms with Crippen LogP contribution >= 0.6 is 0 Å². The van der Waals surface area contributed by atoms with Crippen LogP contribution in [0, 0.1) is 0 Å². The number of aliphatic hydroxyl groups excluding tert-OH is 1. The summed E-state index contributed by atoms with van der Waals surface area (Å²) in [5, 5.41) is 10.5. The number of fused-ring (bicyclic) bond motifs is 1. The lowest BCUT2D eigenvalue weighted by Gasteiger charge is -2.27. The van der Waals surface area contributed by atoms with E-state index in [1.165, 1.54) is 12.1 Å².